The Kier molecular flexibility index (Phi) is 9.71. The SMILES string of the molecule is [CH2]CCC=CC(=O)OCCCCCC. The van der Waals surface area contributed by atoms with Gasteiger partial charge in [-0.2, -0.15) is 0 Å². The molecule has 0 spiro atoms. The Hall–Kier alpha value is -0.790. The molecule has 2 nitrogen and oxygen atoms in total. The second-order valence-corrected chi connectivity index (χ2v) is 3.27. The van der Waals surface area contributed by atoms with Crippen molar-refractivity contribution in [3.05, 3.63) is 19.1 Å². The molecule has 0 aromatic rings. The molecule has 0 aliphatic rings. The average molecular weight is 197 g/mol. The lowest BCUT2D eigenvalue weighted by Crippen LogP contribution is -2.02. The summed E-state index contributed by atoms with van der Waals surface area (Å²) >= 11 is 0. The van der Waals surface area contributed by atoms with E-state index >= 15 is 0 Å². The highest BCUT2D eigenvalue weighted by atomic mass is 16.5. The van der Waals surface area contributed by atoms with Gasteiger partial charge < -0.3 is 4.74 Å². The average Bonchev–Trinajstić information content (AvgIpc) is 2.18. The summed E-state index contributed by atoms with van der Waals surface area (Å²) in [7, 11) is 0. The first-order chi connectivity index (χ1) is 6.81. The second kappa shape index (κ2) is 10.3. The monoisotopic (exact) mass is 197 g/mol. The molecule has 0 unspecified atom stereocenters. The van der Waals surface area contributed by atoms with Crippen LogP contribution in [0.25, 0.3) is 0 Å². The van der Waals surface area contributed by atoms with Crippen LogP contribution in [0.15, 0.2) is 12.2 Å². The Morgan fingerprint density at radius 1 is 1.36 bits per heavy atom. The van der Waals surface area contributed by atoms with E-state index in [4.69, 9.17) is 4.74 Å². The van der Waals surface area contributed by atoms with Gasteiger partial charge in [0.15, 0.2) is 0 Å². The molecular formula is C12H21O2. The molecule has 0 aromatic heterocycles. The number of esters is 1. The number of unbranched alkanes of at least 4 members (excludes halogenated alkanes) is 4. The van der Waals surface area contributed by atoms with Crippen LogP contribution in [0.5, 0.6) is 0 Å². The van der Waals surface area contributed by atoms with Crippen LogP contribution in [-0.4, -0.2) is 12.6 Å². The number of carbonyl (C=O) groups is 1. The van der Waals surface area contributed by atoms with Gasteiger partial charge in [0.05, 0.1) is 6.61 Å². The zero-order valence-electron chi connectivity index (χ0n) is 9.13. The molecule has 0 heterocycles. The zero-order chi connectivity index (χ0) is 10.6. The van der Waals surface area contributed by atoms with Crippen molar-refractivity contribution in [3.8, 4) is 0 Å². The number of carbonyl (C=O) groups excluding carboxylic acids is 1. The third-order valence-corrected chi connectivity index (χ3v) is 1.87. The normalized spacial score (nSPS) is 10.7. The third-order valence-electron chi connectivity index (χ3n) is 1.87. The molecule has 81 valence electrons. The lowest BCUT2D eigenvalue weighted by molar-refractivity contribution is -0.137. The molecule has 0 saturated heterocycles. The molecule has 14 heavy (non-hydrogen) atoms. The van der Waals surface area contributed by atoms with Crippen molar-refractivity contribution >= 4 is 5.97 Å². The fraction of sp³-hybridized carbons (Fsp3) is 0.667. The smallest absolute Gasteiger partial charge is 0.330 e. The van der Waals surface area contributed by atoms with Crippen LogP contribution in [0.3, 0.4) is 0 Å². The van der Waals surface area contributed by atoms with Gasteiger partial charge in [-0.3, -0.25) is 0 Å². The van der Waals surface area contributed by atoms with Crippen molar-refractivity contribution in [2.24, 2.45) is 0 Å². The Bertz CT molecular complexity index is 162. The van der Waals surface area contributed by atoms with Gasteiger partial charge in [-0.1, -0.05) is 39.2 Å². The highest BCUT2D eigenvalue weighted by molar-refractivity contribution is 5.81. The van der Waals surface area contributed by atoms with E-state index in [1.165, 1.54) is 18.9 Å². The molecule has 0 saturated carbocycles. The topological polar surface area (TPSA) is 26.3 Å². The minimum Gasteiger partial charge on any atom is -0.463 e. The maximum atomic E-state index is 11.0. The Morgan fingerprint density at radius 3 is 2.79 bits per heavy atom. The zero-order valence-corrected chi connectivity index (χ0v) is 9.13. The highest BCUT2D eigenvalue weighted by Gasteiger charge is 1.95. The van der Waals surface area contributed by atoms with Gasteiger partial charge in [0, 0.05) is 6.08 Å². The van der Waals surface area contributed by atoms with Gasteiger partial charge in [-0.05, 0) is 19.3 Å². The summed E-state index contributed by atoms with van der Waals surface area (Å²) in [6.07, 6.45) is 9.50. The number of ether oxygens (including phenoxy) is 1. The molecule has 0 bridgehead atoms. The summed E-state index contributed by atoms with van der Waals surface area (Å²) in [5.74, 6) is -0.227. The molecule has 0 amide bonds. The molecular weight excluding hydrogens is 176 g/mol. The van der Waals surface area contributed by atoms with Crippen molar-refractivity contribution in [1.82, 2.24) is 0 Å². The number of hydrogen-bond acceptors (Lipinski definition) is 2. The number of rotatable bonds is 8. The van der Waals surface area contributed by atoms with E-state index in [0.717, 1.165) is 25.7 Å². The van der Waals surface area contributed by atoms with E-state index in [1.54, 1.807) is 6.08 Å². The molecule has 0 aliphatic heterocycles. The van der Waals surface area contributed by atoms with Crippen LogP contribution >= 0.6 is 0 Å². The van der Waals surface area contributed by atoms with Crippen molar-refractivity contribution in [3.63, 3.8) is 0 Å². The Balaban J connectivity index is 3.26. The van der Waals surface area contributed by atoms with E-state index in [-0.39, 0.29) is 5.97 Å². The fourth-order valence-electron chi connectivity index (χ4n) is 1.05. The largest absolute Gasteiger partial charge is 0.463 e. The lowest BCUT2D eigenvalue weighted by Gasteiger charge is -2.00. The molecule has 0 N–H and O–H groups in total. The molecule has 2 heteroatoms. The Morgan fingerprint density at radius 2 is 2.14 bits per heavy atom. The van der Waals surface area contributed by atoms with E-state index in [9.17, 15) is 4.79 Å². The van der Waals surface area contributed by atoms with Crippen molar-refractivity contribution in [2.45, 2.75) is 45.4 Å². The van der Waals surface area contributed by atoms with Gasteiger partial charge >= 0.3 is 5.97 Å². The third kappa shape index (κ3) is 9.30. The minimum absolute atomic E-state index is 0.227. The van der Waals surface area contributed by atoms with Crippen molar-refractivity contribution in [1.29, 1.82) is 0 Å². The maximum Gasteiger partial charge on any atom is 0.330 e. The van der Waals surface area contributed by atoms with Crippen LogP contribution in [0, 0.1) is 6.92 Å². The highest BCUT2D eigenvalue weighted by Crippen LogP contribution is 1.99. The first-order valence-corrected chi connectivity index (χ1v) is 5.43. The molecule has 1 radical (unpaired) electrons. The quantitative estimate of drug-likeness (QED) is 0.339. The second-order valence-electron chi connectivity index (χ2n) is 3.27. The molecule has 0 aliphatic carbocycles. The first kappa shape index (κ1) is 13.2. The maximum absolute atomic E-state index is 11.0. The van der Waals surface area contributed by atoms with E-state index in [1.807, 2.05) is 0 Å². The molecule has 0 rings (SSSR count). The molecule has 0 aromatic carbocycles. The van der Waals surface area contributed by atoms with Crippen molar-refractivity contribution in [2.75, 3.05) is 6.61 Å². The number of hydrogen-bond donors (Lipinski definition) is 0. The standard InChI is InChI=1S/C12H21O2/c1-3-5-7-9-11-14-12(13)10-8-6-4-2/h8,10H,2-7,9,11H2,1H3. The Labute approximate surface area is 87.3 Å². The van der Waals surface area contributed by atoms with Crippen molar-refractivity contribution < 1.29 is 9.53 Å². The minimum atomic E-state index is -0.227. The van der Waals surface area contributed by atoms with E-state index < -0.39 is 0 Å². The predicted octanol–water partition coefficient (Wildman–Crippen LogP) is 3.28. The predicted molar refractivity (Wildman–Crippen MR) is 58.8 cm³/mol. The van der Waals surface area contributed by atoms with Gasteiger partial charge in [-0.15, -0.1) is 0 Å². The summed E-state index contributed by atoms with van der Waals surface area (Å²) in [5.41, 5.74) is 0. The molecule has 0 atom stereocenters. The van der Waals surface area contributed by atoms with E-state index in [0.29, 0.717) is 6.61 Å². The summed E-state index contributed by atoms with van der Waals surface area (Å²) in [6.45, 7) is 6.38. The van der Waals surface area contributed by atoms with Gasteiger partial charge in [0.1, 0.15) is 0 Å². The summed E-state index contributed by atoms with van der Waals surface area (Å²) in [5, 5.41) is 0. The van der Waals surface area contributed by atoms with Gasteiger partial charge in [-0.25, -0.2) is 4.79 Å². The summed E-state index contributed by atoms with van der Waals surface area (Å²) in [6, 6.07) is 0. The summed E-state index contributed by atoms with van der Waals surface area (Å²) < 4.78 is 4.99. The van der Waals surface area contributed by atoms with Crippen LogP contribution in [0.1, 0.15) is 45.4 Å². The van der Waals surface area contributed by atoms with Gasteiger partial charge in [0.25, 0.3) is 0 Å². The molecule has 0 fully saturated rings. The van der Waals surface area contributed by atoms with Crippen LogP contribution in [0.4, 0.5) is 0 Å². The fourth-order valence-corrected chi connectivity index (χ4v) is 1.05. The lowest BCUT2D eigenvalue weighted by atomic mass is 10.2. The van der Waals surface area contributed by atoms with Crippen LogP contribution < -0.4 is 0 Å². The van der Waals surface area contributed by atoms with Gasteiger partial charge in [0.2, 0.25) is 0 Å². The first-order valence-electron chi connectivity index (χ1n) is 5.43. The van der Waals surface area contributed by atoms with Crippen LogP contribution in [-0.2, 0) is 9.53 Å². The number of allylic oxidation sites excluding steroid dienone is 1. The van der Waals surface area contributed by atoms with Crippen LogP contribution in [0.2, 0.25) is 0 Å². The van der Waals surface area contributed by atoms with E-state index in [2.05, 4.69) is 13.8 Å². The summed E-state index contributed by atoms with van der Waals surface area (Å²) in [4.78, 5) is 11.0.